The summed E-state index contributed by atoms with van der Waals surface area (Å²) in [6.07, 6.45) is 8.60. The highest BCUT2D eigenvalue weighted by Gasteiger charge is 2.54. The zero-order chi connectivity index (χ0) is 19.8. The van der Waals surface area contributed by atoms with Crippen molar-refractivity contribution in [2.45, 2.75) is 50.7 Å². The molecule has 3 unspecified atom stereocenters. The van der Waals surface area contributed by atoms with Gasteiger partial charge < -0.3 is 19.9 Å². The van der Waals surface area contributed by atoms with Crippen LogP contribution in [0.5, 0.6) is 0 Å². The van der Waals surface area contributed by atoms with Gasteiger partial charge in [0.1, 0.15) is 5.65 Å². The predicted octanol–water partition coefficient (Wildman–Crippen LogP) is 3.17. The van der Waals surface area contributed by atoms with E-state index in [1.807, 2.05) is 12.3 Å². The quantitative estimate of drug-likeness (QED) is 0.583. The molecule has 29 heavy (non-hydrogen) atoms. The largest absolute Gasteiger partial charge is 0.390 e. The van der Waals surface area contributed by atoms with E-state index in [1.165, 1.54) is 19.8 Å². The Bertz CT molecular complexity index is 1100. The molecule has 4 aliphatic carbocycles. The lowest BCUT2D eigenvalue weighted by atomic mass is 9.52. The second kappa shape index (κ2) is 5.89. The number of aliphatic hydroxyl groups is 1. The molecule has 0 aliphatic heterocycles. The van der Waals surface area contributed by atoms with Crippen molar-refractivity contribution < 1.29 is 14.4 Å². The van der Waals surface area contributed by atoms with Crippen LogP contribution in [0.4, 0.5) is 5.69 Å². The first kappa shape index (κ1) is 17.1. The molecule has 4 bridgehead atoms. The normalized spacial score (nSPS) is 32.8. The number of aromatic nitrogens is 4. The number of carbonyl (C=O) groups is 1. The second-order valence-corrected chi connectivity index (χ2v) is 9.13. The van der Waals surface area contributed by atoms with Crippen molar-refractivity contribution in [3.05, 3.63) is 24.3 Å². The smallest absolute Gasteiger partial charge is 0.262 e. The lowest BCUT2D eigenvalue weighted by molar-refractivity contribution is -0.129. The Morgan fingerprint density at radius 3 is 2.79 bits per heavy atom. The molecule has 0 radical (unpaired) electrons. The average molecular weight is 393 g/mol. The number of H-pyrrole nitrogens is 1. The van der Waals surface area contributed by atoms with Gasteiger partial charge in [-0.1, -0.05) is 5.16 Å². The Balaban J connectivity index is 1.42. The molecule has 3 aromatic heterocycles. The standard InChI is InChI=1S/C21H23N5O3/c1-10(27)18-25-20(29-26-18)15-9-23-19-14(2-3-22-19)17(15)24-16-12-4-11-5-13(16)8-21(28,6-11)7-12/h2-3,9,11-13,16,28H,4-8H2,1H3,(H2,22,23,24)/t11?,12-,13+,16?,21?. The number of Topliss-reactive ketones (excluding diaryl/α,β-unsaturated/α-hetero) is 1. The summed E-state index contributed by atoms with van der Waals surface area (Å²) < 4.78 is 5.39. The summed E-state index contributed by atoms with van der Waals surface area (Å²) in [5.74, 6) is 1.68. The van der Waals surface area contributed by atoms with E-state index >= 15 is 0 Å². The molecule has 8 heteroatoms. The Morgan fingerprint density at radius 1 is 1.31 bits per heavy atom. The average Bonchev–Trinajstić information content (AvgIpc) is 3.32. The summed E-state index contributed by atoms with van der Waals surface area (Å²) in [6.45, 7) is 1.42. The number of hydrogen-bond acceptors (Lipinski definition) is 7. The van der Waals surface area contributed by atoms with Crippen molar-refractivity contribution in [1.82, 2.24) is 20.1 Å². The molecule has 3 aromatic rings. The van der Waals surface area contributed by atoms with Gasteiger partial charge in [-0.15, -0.1) is 0 Å². The molecular formula is C21H23N5O3. The van der Waals surface area contributed by atoms with Gasteiger partial charge in [-0.05, 0) is 55.9 Å². The van der Waals surface area contributed by atoms with Crippen molar-refractivity contribution in [2.24, 2.45) is 17.8 Å². The van der Waals surface area contributed by atoms with Crippen LogP contribution in [0, 0.1) is 17.8 Å². The van der Waals surface area contributed by atoms with Gasteiger partial charge in [0.2, 0.25) is 11.6 Å². The maximum absolute atomic E-state index is 11.6. The number of hydrogen-bond donors (Lipinski definition) is 3. The van der Waals surface area contributed by atoms with Crippen molar-refractivity contribution in [3.63, 3.8) is 0 Å². The minimum absolute atomic E-state index is 0.0666. The third-order valence-electron chi connectivity index (χ3n) is 7.11. The van der Waals surface area contributed by atoms with Crippen LogP contribution < -0.4 is 5.32 Å². The summed E-state index contributed by atoms with van der Waals surface area (Å²) in [5.41, 5.74) is 1.91. The SMILES string of the molecule is CC(=O)c1noc(-c2cnc3[nH]ccc3c2NC2[C@@H]3CC4C[C@H]2CC(O)(C4)C3)n1. The minimum atomic E-state index is -0.470. The maximum Gasteiger partial charge on any atom is 0.262 e. The van der Waals surface area contributed by atoms with Crippen LogP contribution in [0.25, 0.3) is 22.5 Å². The lowest BCUT2D eigenvalue weighted by Gasteiger charge is -2.58. The van der Waals surface area contributed by atoms with E-state index in [9.17, 15) is 9.90 Å². The molecule has 0 saturated heterocycles. The van der Waals surface area contributed by atoms with Gasteiger partial charge in [-0.2, -0.15) is 4.98 Å². The van der Waals surface area contributed by atoms with Crippen LogP contribution in [0.3, 0.4) is 0 Å². The summed E-state index contributed by atoms with van der Waals surface area (Å²) in [7, 11) is 0. The van der Waals surface area contributed by atoms with Crippen LogP contribution in [0.1, 0.15) is 49.6 Å². The van der Waals surface area contributed by atoms with Crippen LogP contribution in [-0.2, 0) is 0 Å². The molecule has 3 heterocycles. The molecule has 8 nitrogen and oxygen atoms in total. The number of anilines is 1. The molecule has 5 atom stereocenters. The number of nitrogens with zero attached hydrogens (tertiary/aromatic N) is 3. The first-order valence-electron chi connectivity index (χ1n) is 10.3. The van der Waals surface area contributed by atoms with E-state index in [0.717, 1.165) is 36.0 Å². The summed E-state index contributed by atoms with van der Waals surface area (Å²) in [5, 5.41) is 19.5. The van der Waals surface area contributed by atoms with Gasteiger partial charge in [0.05, 0.1) is 16.9 Å². The number of nitrogens with one attached hydrogen (secondary N) is 2. The molecule has 3 N–H and O–H groups in total. The number of aromatic amines is 1. The number of carbonyl (C=O) groups excluding carboxylic acids is 1. The fourth-order valence-electron chi connectivity index (χ4n) is 6.19. The third kappa shape index (κ3) is 2.62. The Morgan fingerprint density at radius 2 is 2.10 bits per heavy atom. The maximum atomic E-state index is 11.6. The first-order chi connectivity index (χ1) is 14.0. The highest BCUT2D eigenvalue weighted by Crippen LogP contribution is 2.56. The van der Waals surface area contributed by atoms with Crippen molar-refractivity contribution in [3.8, 4) is 11.5 Å². The molecule has 0 spiro atoms. The van der Waals surface area contributed by atoms with Gasteiger partial charge in [0, 0.05) is 30.7 Å². The number of pyridine rings is 1. The fourth-order valence-corrected chi connectivity index (χ4v) is 6.19. The second-order valence-electron chi connectivity index (χ2n) is 9.13. The third-order valence-corrected chi connectivity index (χ3v) is 7.11. The van der Waals surface area contributed by atoms with E-state index < -0.39 is 5.60 Å². The molecule has 0 amide bonds. The van der Waals surface area contributed by atoms with Gasteiger partial charge >= 0.3 is 0 Å². The van der Waals surface area contributed by atoms with E-state index in [4.69, 9.17) is 4.52 Å². The minimum Gasteiger partial charge on any atom is -0.390 e. The van der Waals surface area contributed by atoms with Crippen molar-refractivity contribution in [2.75, 3.05) is 5.32 Å². The van der Waals surface area contributed by atoms with Gasteiger partial charge in [-0.25, -0.2) is 4.98 Å². The molecule has 0 aromatic carbocycles. The highest BCUT2D eigenvalue weighted by molar-refractivity contribution is 5.97. The van der Waals surface area contributed by atoms with Crippen LogP contribution in [0.15, 0.2) is 23.0 Å². The van der Waals surface area contributed by atoms with E-state index in [0.29, 0.717) is 29.4 Å². The lowest BCUT2D eigenvalue weighted by Crippen LogP contribution is -2.59. The van der Waals surface area contributed by atoms with Crippen molar-refractivity contribution in [1.29, 1.82) is 0 Å². The first-order valence-corrected chi connectivity index (χ1v) is 10.3. The Hall–Kier alpha value is -2.74. The van der Waals surface area contributed by atoms with E-state index in [-0.39, 0.29) is 17.5 Å². The zero-order valence-electron chi connectivity index (χ0n) is 16.2. The number of fused-ring (bicyclic) bond motifs is 1. The van der Waals surface area contributed by atoms with Crippen molar-refractivity contribution >= 4 is 22.5 Å². The number of rotatable bonds is 4. The molecule has 7 rings (SSSR count). The predicted molar refractivity (Wildman–Crippen MR) is 105 cm³/mol. The van der Waals surface area contributed by atoms with E-state index in [2.05, 4.69) is 25.4 Å². The molecule has 4 saturated carbocycles. The topological polar surface area (TPSA) is 117 Å². The van der Waals surface area contributed by atoms with Gasteiger partial charge in [-0.3, -0.25) is 4.79 Å². The highest BCUT2D eigenvalue weighted by atomic mass is 16.5. The molecule has 4 fully saturated rings. The van der Waals surface area contributed by atoms with Gasteiger partial charge in [0.15, 0.2) is 0 Å². The van der Waals surface area contributed by atoms with Gasteiger partial charge in [0.25, 0.3) is 5.89 Å². The summed E-state index contributed by atoms with van der Waals surface area (Å²) >= 11 is 0. The molecular weight excluding hydrogens is 370 g/mol. The monoisotopic (exact) mass is 393 g/mol. The Kier molecular flexibility index (Phi) is 3.48. The number of ketones is 1. The van der Waals surface area contributed by atoms with Crippen LogP contribution >= 0.6 is 0 Å². The fraction of sp³-hybridized carbons (Fsp3) is 0.524. The van der Waals surface area contributed by atoms with Crippen LogP contribution in [0.2, 0.25) is 0 Å². The zero-order valence-corrected chi connectivity index (χ0v) is 16.2. The summed E-state index contributed by atoms with van der Waals surface area (Å²) in [4.78, 5) is 23.5. The Labute approximate surface area is 167 Å². The van der Waals surface area contributed by atoms with Crippen LogP contribution in [-0.4, -0.2) is 42.6 Å². The van der Waals surface area contributed by atoms with E-state index in [1.54, 1.807) is 6.20 Å². The summed E-state index contributed by atoms with van der Waals surface area (Å²) in [6, 6.07) is 2.28. The molecule has 150 valence electrons. The molecule has 4 aliphatic rings.